The first kappa shape index (κ1) is 25.8. The summed E-state index contributed by atoms with van der Waals surface area (Å²) in [6, 6.07) is 15.4. The molecular formula is C29H29ClN4O4. The molecule has 3 N–H and O–H groups in total. The van der Waals surface area contributed by atoms with E-state index >= 15 is 0 Å². The van der Waals surface area contributed by atoms with E-state index in [1.165, 1.54) is 6.08 Å². The number of nitrogens with two attached hydrogens (primary N) is 1. The van der Waals surface area contributed by atoms with Crippen molar-refractivity contribution in [2.75, 3.05) is 38.6 Å². The highest BCUT2D eigenvalue weighted by Crippen LogP contribution is 2.39. The Hall–Kier alpha value is -3.88. The summed E-state index contributed by atoms with van der Waals surface area (Å²) in [6.45, 7) is 2.85. The van der Waals surface area contributed by atoms with Crippen LogP contribution >= 0.6 is 11.6 Å². The maximum Gasteiger partial charge on any atom is 0.244 e. The molecule has 196 valence electrons. The van der Waals surface area contributed by atoms with Gasteiger partial charge in [0, 0.05) is 37.3 Å². The van der Waals surface area contributed by atoms with Crippen molar-refractivity contribution in [3.8, 4) is 16.9 Å². The van der Waals surface area contributed by atoms with Crippen molar-refractivity contribution in [1.82, 2.24) is 15.2 Å². The standard InChI is InChI=1S/C29H29ClN4O4/c30-25-16-22(21-5-1-19(2-6-21)13-28(36)34-9-11-37-12-10-34)14-23-15-24(38-29(23)25)18-33-27(35)8-4-20-3-7-26(31)32-17-20/h1-8,14,16-17,24H,9-13,15,18H2,(H2,31,32)(H,33,35)/b8-4+. The summed E-state index contributed by atoms with van der Waals surface area (Å²) in [4.78, 5) is 30.6. The predicted molar refractivity (Wildman–Crippen MR) is 147 cm³/mol. The van der Waals surface area contributed by atoms with Crippen molar-refractivity contribution < 1.29 is 19.1 Å². The number of halogens is 1. The third kappa shape index (κ3) is 6.33. The molecule has 2 aliphatic rings. The first-order valence-corrected chi connectivity index (χ1v) is 12.9. The highest BCUT2D eigenvalue weighted by atomic mass is 35.5. The second-order valence-corrected chi connectivity index (χ2v) is 9.76. The zero-order chi connectivity index (χ0) is 26.5. The predicted octanol–water partition coefficient (Wildman–Crippen LogP) is 3.52. The average molecular weight is 533 g/mol. The molecule has 0 radical (unpaired) electrons. The molecule has 38 heavy (non-hydrogen) atoms. The van der Waals surface area contributed by atoms with Crippen molar-refractivity contribution in [2.45, 2.75) is 18.9 Å². The quantitative estimate of drug-likeness (QED) is 0.451. The molecule has 8 nitrogen and oxygen atoms in total. The van der Waals surface area contributed by atoms with Crippen LogP contribution < -0.4 is 15.8 Å². The average Bonchev–Trinajstić information content (AvgIpc) is 3.36. The Labute approximate surface area is 226 Å². The van der Waals surface area contributed by atoms with Crippen LogP contribution in [-0.2, 0) is 27.2 Å². The van der Waals surface area contributed by atoms with E-state index < -0.39 is 0 Å². The van der Waals surface area contributed by atoms with Crippen molar-refractivity contribution in [3.63, 3.8) is 0 Å². The highest BCUT2D eigenvalue weighted by Gasteiger charge is 2.26. The Morgan fingerprint density at radius 3 is 2.63 bits per heavy atom. The lowest BCUT2D eigenvalue weighted by atomic mass is 9.99. The van der Waals surface area contributed by atoms with E-state index in [0.29, 0.717) is 62.3 Å². The smallest absolute Gasteiger partial charge is 0.244 e. The maximum absolute atomic E-state index is 12.5. The summed E-state index contributed by atoms with van der Waals surface area (Å²) in [5, 5.41) is 3.41. The van der Waals surface area contributed by atoms with Gasteiger partial charge < -0.3 is 25.4 Å². The van der Waals surface area contributed by atoms with Gasteiger partial charge in [0.2, 0.25) is 11.8 Å². The molecule has 9 heteroatoms. The van der Waals surface area contributed by atoms with Gasteiger partial charge in [0.05, 0.1) is 31.2 Å². The second kappa shape index (κ2) is 11.7. The number of benzene rings is 2. The minimum absolute atomic E-state index is 0.120. The fourth-order valence-corrected chi connectivity index (χ4v) is 4.83. The summed E-state index contributed by atoms with van der Waals surface area (Å²) in [6.07, 6.45) is 5.55. The molecule has 0 saturated carbocycles. The lowest BCUT2D eigenvalue weighted by molar-refractivity contribution is -0.134. The van der Waals surface area contributed by atoms with Gasteiger partial charge in [0.15, 0.2) is 0 Å². The van der Waals surface area contributed by atoms with Crippen LogP contribution in [-0.4, -0.2) is 60.7 Å². The van der Waals surface area contributed by atoms with Gasteiger partial charge in [-0.05, 0) is 52.6 Å². The first-order valence-electron chi connectivity index (χ1n) is 12.6. The SMILES string of the molecule is Nc1ccc(/C=C/C(=O)NCC2Cc3cc(-c4ccc(CC(=O)N5CCOCC5)cc4)cc(Cl)c3O2)cn1. The summed E-state index contributed by atoms with van der Waals surface area (Å²) in [5.41, 5.74) is 10.3. The lowest BCUT2D eigenvalue weighted by Gasteiger charge is -2.26. The lowest BCUT2D eigenvalue weighted by Crippen LogP contribution is -2.41. The Balaban J connectivity index is 1.17. The number of nitrogen functional groups attached to an aromatic ring is 1. The molecule has 2 aliphatic heterocycles. The molecule has 1 unspecified atom stereocenters. The van der Waals surface area contributed by atoms with E-state index in [4.69, 9.17) is 26.8 Å². The number of amides is 2. The van der Waals surface area contributed by atoms with E-state index in [1.807, 2.05) is 35.2 Å². The third-order valence-corrected chi connectivity index (χ3v) is 6.88. The molecule has 0 aliphatic carbocycles. The molecule has 1 fully saturated rings. The Bertz CT molecular complexity index is 1340. The number of anilines is 1. The third-order valence-electron chi connectivity index (χ3n) is 6.60. The molecule has 3 aromatic rings. The molecule has 1 atom stereocenters. The number of pyridine rings is 1. The molecule has 1 saturated heterocycles. The van der Waals surface area contributed by atoms with E-state index in [9.17, 15) is 9.59 Å². The summed E-state index contributed by atoms with van der Waals surface area (Å²) < 4.78 is 11.4. The minimum Gasteiger partial charge on any atom is -0.486 e. The Morgan fingerprint density at radius 2 is 1.89 bits per heavy atom. The second-order valence-electron chi connectivity index (χ2n) is 9.35. The summed E-state index contributed by atoms with van der Waals surface area (Å²) in [7, 11) is 0. The van der Waals surface area contributed by atoms with Gasteiger partial charge in [-0.25, -0.2) is 4.98 Å². The van der Waals surface area contributed by atoms with Crippen LogP contribution in [0.1, 0.15) is 16.7 Å². The van der Waals surface area contributed by atoms with Gasteiger partial charge >= 0.3 is 0 Å². The number of morpholine rings is 1. The van der Waals surface area contributed by atoms with Crippen LogP contribution in [0.5, 0.6) is 5.75 Å². The van der Waals surface area contributed by atoms with Crippen LogP contribution in [0.25, 0.3) is 17.2 Å². The van der Waals surface area contributed by atoms with Crippen molar-refractivity contribution in [2.24, 2.45) is 0 Å². The number of ether oxygens (including phenoxy) is 2. The number of carbonyl (C=O) groups excluding carboxylic acids is 2. The molecule has 3 heterocycles. The van der Waals surface area contributed by atoms with Crippen molar-refractivity contribution >= 4 is 35.3 Å². The Morgan fingerprint density at radius 1 is 1.11 bits per heavy atom. The fourth-order valence-electron chi connectivity index (χ4n) is 4.54. The minimum atomic E-state index is -0.222. The molecule has 0 bridgehead atoms. The number of aromatic nitrogens is 1. The van der Waals surface area contributed by atoms with Crippen LogP contribution in [0.15, 0.2) is 60.8 Å². The van der Waals surface area contributed by atoms with Crippen LogP contribution in [0, 0.1) is 0 Å². The fraction of sp³-hybridized carbons (Fsp3) is 0.276. The maximum atomic E-state index is 12.5. The summed E-state index contributed by atoms with van der Waals surface area (Å²) >= 11 is 6.57. The molecule has 2 amide bonds. The van der Waals surface area contributed by atoms with Gasteiger partial charge in [0.1, 0.15) is 17.7 Å². The highest BCUT2D eigenvalue weighted by molar-refractivity contribution is 6.32. The number of rotatable bonds is 7. The van der Waals surface area contributed by atoms with Crippen LogP contribution in [0.2, 0.25) is 5.02 Å². The number of hydrogen-bond acceptors (Lipinski definition) is 6. The van der Waals surface area contributed by atoms with E-state index in [-0.39, 0.29) is 17.9 Å². The number of hydrogen-bond donors (Lipinski definition) is 2. The number of fused-ring (bicyclic) bond motifs is 1. The van der Waals surface area contributed by atoms with E-state index in [1.54, 1.807) is 24.4 Å². The number of carbonyl (C=O) groups is 2. The molecule has 0 spiro atoms. The Kier molecular flexibility index (Phi) is 7.91. The molecule has 2 aromatic carbocycles. The van der Waals surface area contributed by atoms with Gasteiger partial charge in [0.25, 0.3) is 0 Å². The van der Waals surface area contributed by atoms with E-state index in [2.05, 4.69) is 16.4 Å². The van der Waals surface area contributed by atoms with Gasteiger partial charge in [-0.15, -0.1) is 0 Å². The number of nitrogens with zero attached hydrogens (tertiary/aromatic N) is 2. The van der Waals surface area contributed by atoms with E-state index in [0.717, 1.165) is 27.8 Å². The van der Waals surface area contributed by atoms with Gasteiger partial charge in [-0.1, -0.05) is 35.9 Å². The molecule has 1 aromatic heterocycles. The van der Waals surface area contributed by atoms with Gasteiger partial charge in [-0.3, -0.25) is 9.59 Å². The normalized spacial score (nSPS) is 16.8. The monoisotopic (exact) mass is 532 g/mol. The summed E-state index contributed by atoms with van der Waals surface area (Å²) in [5.74, 6) is 0.986. The first-order chi connectivity index (χ1) is 18.4. The molecular weight excluding hydrogens is 504 g/mol. The van der Waals surface area contributed by atoms with Crippen LogP contribution in [0.4, 0.5) is 5.82 Å². The van der Waals surface area contributed by atoms with Gasteiger partial charge in [-0.2, -0.15) is 0 Å². The zero-order valence-corrected chi connectivity index (χ0v) is 21.6. The topological polar surface area (TPSA) is 107 Å². The molecule has 5 rings (SSSR count). The van der Waals surface area contributed by atoms with Crippen molar-refractivity contribution in [3.05, 3.63) is 82.5 Å². The largest absolute Gasteiger partial charge is 0.486 e. The van der Waals surface area contributed by atoms with Crippen LogP contribution in [0.3, 0.4) is 0 Å². The van der Waals surface area contributed by atoms with Crippen molar-refractivity contribution in [1.29, 1.82) is 0 Å². The zero-order valence-electron chi connectivity index (χ0n) is 20.9. The number of nitrogens with one attached hydrogen (secondary N) is 1.